The molecule has 0 radical (unpaired) electrons. The molecule has 0 amide bonds. The second-order valence-corrected chi connectivity index (χ2v) is 3.61. The zero-order valence-electron chi connectivity index (χ0n) is 10.1. The van der Waals surface area contributed by atoms with Crippen LogP contribution >= 0.6 is 0 Å². The lowest BCUT2D eigenvalue weighted by molar-refractivity contribution is 0.113. The lowest BCUT2D eigenvalue weighted by Gasteiger charge is -2.20. The van der Waals surface area contributed by atoms with Crippen molar-refractivity contribution >= 4 is 5.82 Å². The van der Waals surface area contributed by atoms with Crippen LogP contribution in [0.25, 0.3) is 0 Å². The molecular formula is C12H21N3O. The number of likely N-dealkylation sites (N-methyl/N-ethyl adjacent to an activating group) is 1. The van der Waals surface area contributed by atoms with Crippen LogP contribution in [0.2, 0.25) is 0 Å². The number of hydrogen-bond acceptors (Lipinski definition) is 4. The fourth-order valence-electron chi connectivity index (χ4n) is 1.51. The van der Waals surface area contributed by atoms with Gasteiger partial charge in [-0.25, -0.2) is 4.98 Å². The summed E-state index contributed by atoms with van der Waals surface area (Å²) in [5.74, 6) is 0.623. The highest BCUT2D eigenvalue weighted by Crippen LogP contribution is 2.10. The molecular weight excluding hydrogens is 202 g/mol. The fraction of sp³-hybridized carbons (Fsp3) is 0.583. The first kappa shape index (κ1) is 12.9. The van der Waals surface area contributed by atoms with Gasteiger partial charge in [0.2, 0.25) is 0 Å². The SMILES string of the molecule is CCOCCN(CC)Cc1cccnc1N. The van der Waals surface area contributed by atoms with Gasteiger partial charge in [-0.05, 0) is 19.5 Å². The number of aromatic nitrogens is 1. The minimum atomic E-state index is 0.623. The zero-order chi connectivity index (χ0) is 11.8. The number of pyridine rings is 1. The highest BCUT2D eigenvalue weighted by molar-refractivity contribution is 5.38. The van der Waals surface area contributed by atoms with Crippen molar-refractivity contribution in [1.29, 1.82) is 0 Å². The Kier molecular flexibility index (Phi) is 5.82. The maximum absolute atomic E-state index is 5.81. The second kappa shape index (κ2) is 7.19. The predicted octanol–water partition coefficient (Wildman–Crippen LogP) is 1.52. The van der Waals surface area contributed by atoms with E-state index in [1.165, 1.54) is 0 Å². The van der Waals surface area contributed by atoms with E-state index in [1.54, 1.807) is 6.20 Å². The molecule has 1 aromatic rings. The van der Waals surface area contributed by atoms with Gasteiger partial charge in [-0.15, -0.1) is 0 Å². The molecule has 4 heteroatoms. The molecule has 0 atom stereocenters. The summed E-state index contributed by atoms with van der Waals surface area (Å²) in [5, 5.41) is 0. The van der Waals surface area contributed by atoms with Gasteiger partial charge in [0, 0.05) is 31.5 Å². The van der Waals surface area contributed by atoms with E-state index in [9.17, 15) is 0 Å². The van der Waals surface area contributed by atoms with E-state index in [2.05, 4.69) is 16.8 Å². The van der Waals surface area contributed by atoms with Gasteiger partial charge in [-0.2, -0.15) is 0 Å². The van der Waals surface area contributed by atoms with E-state index in [0.29, 0.717) is 5.82 Å². The maximum atomic E-state index is 5.81. The largest absolute Gasteiger partial charge is 0.383 e. The smallest absolute Gasteiger partial charge is 0.127 e. The second-order valence-electron chi connectivity index (χ2n) is 3.61. The Morgan fingerprint density at radius 3 is 2.88 bits per heavy atom. The summed E-state index contributed by atoms with van der Waals surface area (Å²) < 4.78 is 5.35. The van der Waals surface area contributed by atoms with E-state index in [4.69, 9.17) is 10.5 Å². The Hall–Kier alpha value is -1.13. The van der Waals surface area contributed by atoms with Gasteiger partial charge in [0.15, 0.2) is 0 Å². The third kappa shape index (κ3) is 4.16. The number of nitrogen functional groups attached to an aromatic ring is 1. The van der Waals surface area contributed by atoms with Crippen LogP contribution < -0.4 is 5.73 Å². The first-order valence-corrected chi connectivity index (χ1v) is 5.77. The van der Waals surface area contributed by atoms with Crippen molar-refractivity contribution in [3.63, 3.8) is 0 Å². The Labute approximate surface area is 97.4 Å². The normalized spacial score (nSPS) is 10.9. The van der Waals surface area contributed by atoms with Crippen molar-refractivity contribution in [2.75, 3.05) is 32.0 Å². The summed E-state index contributed by atoms with van der Waals surface area (Å²) in [6, 6.07) is 3.94. The molecule has 0 aliphatic heterocycles. The molecule has 0 saturated carbocycles. The molecule has 16 heavy (non-hydrogen) atoms. The molecule has 0 aromatic carbocycles. The van der Waals surface area contributed by atoms with E-state index in [-0.39, 0.29) is 0 Å². The highest BCUT2D eigenvalue weighted by atomic mass is 16.5. The molecule has 0 aliphatic rings. The van der Waals surface area contributed by atoms with Crippen LogP contribution in [0.1, 0.15) is 19.4 Å². The summed E-state index contributed by atoms with van der Waals surface area (Å²) >= 11 is 0. The molecule has 90 valence electrons. The number of anilines is 1. The number of rotatable bonds is 7. The third-order valence-corrected chi connectivity index (χ3v) is 2.52. The first-order valence-electron chi connectivity index (χ1n) is 5.77. The quantitative estimate of drug-likeness (QED) is 0.712. The number of nitrogens with two attached hydrogens (primary N) is 1. The number of nitrogens with zero attached hydrogens (tertiary/aromatic N) is 2. The van der Waals surface area contributed by atoms with Crippen molar-refractivity contribution in [2.45, 2.75) is 20.4 Å². The van der Waals surface area contributed by atoms with Gasteiger partial charge in [0.25, 0.3) is 0 Å². The average molecular weight is 223 g/mol. The van der Waals surface area contributed by atoms with Crippen LogP contribution in [0.15, 0.2) is 18.3 Å². The monoisotopic (exact) mass is 223 g/mol. The summed E-state index contributed by atoms with van der Waals surface area (Å²) in [7, 11) is 0. The summed E-state index contributed by atoms with van der Waals surface area (Å²) in [6.45, 7) is 8.44. The molecule has 0 fully saturated rings. The Morgan fingerprint density at radius 2 is 2.25 bits per heavy atom. The molecule has 1 aromatic heterocycles. The summed E-state index contributed by atoms with van der Waals surface area (Å²) in [5.41, 5.74) is 6.89. The van der Waals surface area contributed by atoms with Crippen LogP contribution in [-0.2, 0) is 11.3 Å². The lowest BCUT2D eigenvalue weighted by atomic mass is 10.2. The molecule has 0 aliphatic carbocycles. The molecule has 1 rings (SSSR count). The molecule has 1 heterocycles. The third-order valence-electron chi connectivity index (χ3n) is 2.52. The average Bonchev–Trinajstić information content (AvgIpc) is 2.30. The highest BCUT2D eigenvalue weighted by Gasteiger charge is 2.06. The molecule has 4 nitrogen and oxygen atoms in total. The van der Waals surface area contributed by atoms with Crippen molar-refractivity contribution < 1.29 is 4.74 Å². The Morgan fingerprint density at radius 1 is 1.44 bits per heavy atom. The van der Waals surface area contributed by atoms with Gasteiger partial charge >= 0.3 is 0 Å². The standard InChI is InChI=1S/C12H21N3O/c1-3-15(8-9-16-4-2)10-11-6-5-7-14-12(11)13/h5-7H,3-4,8-10H2,1-2H3,(H2,13,14). The van der Waals surface area contributed by atoms with Gasteiger partial charge in [0.1, 0.15) is 5.82 Å². The topological polar surface area (TPSA) is 51.4 Å². The van der Waals surface area contributed by atoms with E-state index < -0.39 is 0 Å². The lowest BCUT2D eigenvalue weighted by Crippen LogP contribution is -2.27. The molecule has 0 bridgehead atoms. The molecule has 2 N–H and O–H groups in total. The minimum Gasteiger partial charge on any atom is -0.383 e. The van der Waals surface area contributed by atoms with Crippen LogP contribution in [0, 0.1) is 0 Å². The maximum Gasteiger partial charge on any atom is 0.127 e. The van der Waals surface area contributed by atoms with Gasteiger partial charge in [-0.3, -0.25) is 4.90 Å². The van der Waals surface area contributed by atoms with Crippen molar-refractivity contribution in [3.8, 4) is 0 Å². The zero-order valence-corrected chi connectivity index (χ0v) is 10.1. The minimum absolute atomic E-state index is 0.623. The van der Waals surface area contributed by atoms with Crippen LogP contribution in [0.3, 0.4) is 0 Å². The van der Waals surface area contributed by atoms with Crippen molar-refractivity contribution in [2.24, 2.45) is 0 Å². The van der Waals surface area contributed by atoms with Gasteiger partial charge in [-0.1, -0.05) is 13.0 Å². The van der Waals surface area contributed by atoms with Gasteiger partial charge in [0.05, 0.1) is 6.61 Å². The van der Waals surface area contributed by atoms with E-state index >= 15 is 0 Å². The Balaban J connectivity index is 2.46. The number of hydrogen-bond donors (Lipinski definition) is 1. The van der Waals surface area contributed by atoms with Crippen LogP contribution in [-0.4, -0.2) is 36.2 Å². The van der Waals surface area contributed by atoms with Gasteiger partial charge < -0.3 is 10.5 Å². The van der Waals surface area contributed by atoms with E-state index in [0.717, 1.165) is 38.4 Å². The van der Waals surface area contributed by atoms with Crippen LogP contribution in [0.4, 0.5) is 5.82 Å². The molecule has 0 saturated heterocycles. The first-order chi connectivity index (χ1) is 7.77. The fourth-order valence-corrected chi connectivity index (χ4v) is 1.51. The molecule has 0 unspecified atom stereocenters. The van der Waals surface area contributed by atoms with Crippen molar-refractivity contribution in [3.05, 3.63) is 23.9 Å². The Bertz CT molecular complexity index is 304. The van der Waals surface area contributed by atoms with E-state index in [1.807, 2.05) is 19.1 Å². The van der Waals surface area contributed by atoms with Crippen molar-refractivity contribution in [1.82, 2.24) is 9.88 Å². The number of ether oxygens (including phenoxy) is 1. The molecule has 0 spiro atoms. The summed E-state index contributed by atoms with van der Waals surface area (Å²) in [4.78, 5) is 6.38. The van der Waals surface area contributed by atoms with Crippen LogP contribution in [0.5, 0.6) is 0 Å². The predicted molar refractivity (Wildman–Crippen MR) is 66.1 cm³/mol. The summed E-state index contributed by atoms with van der Waals surface area (Å²) in [6.07, 6.45) is 1.72.